The molecule has 2 atom stereocenters. The minimum absolute atomic E-state index is 0.0995. The summed E-state index contributed by atoms with van der Waals surface area (Å²) in [6, 6.07) is 1.43. The van der Waals surface area contributed by atoms with Crippen LogP contribution in [0.3, 0.4) is 0 Å². The van der Waals surface area contributed by atoms with Crippen LogP contribution in [0.25, 0.3) is 0 Å². The molecule has 6 heteroatoms. The number of aliphatic hydroxyl groups is 1. The Balaban J connectivity index is 2.85. The van der Waals surface area contributed by atoms with Gasteiger partial charge in [-0.15, -0.1) is 0 Å². The largest absolute Gasteiger partial charge is 0.390 e. The number of sulfonamides is 1. The molecule has 1 rings (SSSR count). The van der Waals surface area contributed by atoms with E-state index < -0.39 is 10.0 Å². The number of nitrogens with zero attached hydrogens (tertiary/aromatic N) is 1. The van der Waals surface area contributed by atoms with Crippen LogP contribution in [0.2, 0.25) is 0 Å². The summed E-state index contributed by atoms with van der Waals surface area (Å²) in [7, 11) is -3.52. The summed E-state index contributed by atoms with van der Waals surface area (Å²) >= 11 is 0. The van der Waals surface area contributed by atoms with Crippen molar-refractivity contribution in [2.24, 2.45) is 5.92 Å². The number of aliphatic hydroxyl groups excluding tert-OH is 1. The van der Waals surface area contributed by atoms with E-state index in [0.29, 0.717) is 18.2 Å². The lowest BCUT2D eigenvalue weighted by Gasteiger charge is -2.17. The van der Waals surface area contributed by atoms with E-state index in [1.165, 1.54) is 6.07 Å². The van der Waals surface area contributed by atoms with Crippen LogP contribution in [-0.2, 0) is 23.2 Å². The van der Waals surface area contributed by atoms with Gasteiger partial charge in [0.05, 0.1) is 11.5 Å². The van der Waals surface area contributed by atoms with Gasteiger partial charge in [-0.25, -0.2) is 13.1 Å². The summed E-state index contributed by atoms with van der Waals surface area (Å²) in [5, 5.41) is 9.23. The molecule has 2 N–H and O–H groups in total. The molecule has 0 fully saturated rings. The van der Waals surface area contributed by atoms with E-state index in [4.69, 9.17) is 0 Å². The highest BCUT2D eigenvalue weighted by Gasteiger charge is 2.21. The van der Waals surface area contributed by atoms with Crippen molar-refractivity contribution < 1.29 is 13.5 Å². The van der Waals surface area contributed by atoms with Gasteiger partial charge in [0.2, 0.25) is 10.0 Å². The first-order chi connectivity index (χ1) is 9.33. The molecule has 0 radical (unpaired) electrons. The van der Waals surface area contributed by atoms with Gasteiger partial charge in [0, 0.05) is 24.5 Å². The fourth-order valence-electron chi connectivity index (χ4n) is 2.25. The van der Waals surface area contributed by atoms with E-state index in [0.717, 1.165) is 12.8 Å². The van der Waals surface area contributed by atoms with Crippen LogP contribution in [0, 0.1) is 5.92 Å². The Morgan fingerprint density at radius 2 is 2.00 bits per heavy atom. The summed E-state index contributed by atoms with van der Waals surface area (Å²) in [6.07, 6.45) is 3.42. The molecule has 5 nitrogen and oxygen atoms in total. The molecular formula is C14H26N2O3S. The molecule has 0 saturated heterocycles. The lowest BCUT2D eigenvalue weighted by Crippen LogP contribution is -2.33. The Hall–Kier alpha value is -0.850. The predicted octanol–water partition coefficient (Wildman–Crippen LogP) is 2.10. The van der Waals surface area contributed by atoms with Gasteiger partial charge in [-0.2, -0.15) is 0 Å². The summed E-state index contributed by atoms with van der Waals surface area (Å²) in [4.78, 5) is 0.222. The SMILES string of the molecule is CCC(C)CC(C)NS(=O)(=O)c1cc(CO)n(CC)c1. The Bertz CT molecular complexity index is 501. The number of nitrogens with one attached hydrogen (secondary N) is 1. The van der Waals surface area contributed by atoms with E-state index in [9.17, 15) is 13.5 Å². The standard InChI is InChI=1S/C14H26N2O3S/c1-5-11(3)7-12(4)15-20(18,19)14-8-13(10-17)16(6-2)9-14/h8-9,11-12,15,17H,5-7,10H2,1-4H3. The molecule has 0 aliphatic heterocycles. The van der Waals surface area contributed by atoms with Crippen LogP contribution in [0.5, 0.6) is 0 Å². The predicted molar refractivity (Wildman–Crippen MR) is 79.9 cm³/mol. The normalized spacial score (nSPS) is 15.2. The van der Waals surface area contributed by atoms with Crippen molar-refractivity contribution in [2.75, 3.05) is 0 Å². The van der Waals surface area contributed by atoms with Crippen molar-refractivity contribution in [1.82, 2.24) is 9.29 Å². The van der Waals surface area contributed by atoms with Gasteiger partial charge in [-0.05, 0) is 32.3 Å². The van der Waals surface area contributed by atoms with Gasteiger partial charge in [0.25, 0.3) is 0 Å². The van der Waals surface area contributed by atoms with Crippen LogP contribution >= 0.6 is 0 Å². The van der Waals surface area contributed by atoms with Crippen LogP contribution in [0.15, 0.2) is 17.2 Å². The molecule has 0 amide bonds. The van der Waals surface area contributed by atoms with Crippen LogP contribution in [0.1, 0.15) is 46.2 Å². The fourth-order valence-corrected chi connectivity index (χ4v) is 3.57. The van der Waals surface area contributed by atoms with Gasteiger partial charge >= 0.3 is 0 Å². The van der Waals surface area contributed by atoms with Crippen LogP contribution < -0.4 is 4.72 Å². The van der Waals surface area contributed by atoms with Crippen LogP contribution in [-0.4, -0.2) is 24.1 Å². The molecule has 0 aromatic carbocycles. The number of aromatic nitrogens is 1. The zero-order valence-electron chi connectivity index (χ0n) is 12.8. The molecule has 1 aromatic rings. The van der Waals surface area contributed by atoms with Gasteiger partial charge in [-0.3, -0.25) is 0 Å². The van der Waals surface area contributed by atoms with Crippen molar-refractivity contribution in [3.8, 4) is 0 Å². The number of rotatable bonds is 8. The van der Waals surface area contributed by atoms with Crippen LogP contribution in [0.4, 0.5) is 0 Å². The highest BCUT2D eigenvalue weighted by atomic mass is 32.2. The van der Waals surface area contributed by atoms with E-state index in [1.807, 2.05) is 13.8 Å². The van der Waals surface area contributed by atoms with Crippen molar-refractivity contribution in [3.05, 3.63) is 18.0 Å². The van der Waals surface area contributed by atoms with Gasteiger partial charge in [0.15, 0.2) is 0 Å². The fraction of sp³-hybridized carbons (Fsp3) is 0.714. The monoisotopic (exact) mass is 302 g/mol. The average Bonchev–Trinajstić information content (AvgIpc) is 2.81. The van der Waals surface area contributed by atoms with E-state index >= 15 is 0 Å². The van der Waals surface area contributed by atoms with Crippen molar-refractivity contribution in [2.45, 2.75) is 64.6 Å². The second-order valence-electron chi connectivity index (χ2n) is 5.38. The third-order valence-corrected chi connectivity index (χ3v) is 5.14. The zero-order chi connectivity index (χ0) is 15.3. The lowest BCUT2D eigenvalue weighted by atomic mass is 10.0. The first kappa shape index (κ1) is 17.2. The summed E-state index contributed by atoms with van der Waals surface area (Å²) < 4.78 is 29.1. The zero-order valence-corrected chi connectivity index (χ0v) is 13.6. The number of aryl methyl sites for hydroxylation is 1. The third kappa shape index (κ3) is 4.33. The van der Waals surface area contributed by atoms with E-state index in [-0.39, 0.29) is 17.5 Å². The van der Waals surface area contributed by atoms with E-state index in [2.05, 4.69) is 18.6 Å². The molecule has 20 heavy (non-hydrogen) atoms. The Kier molecular flexibility index (Phi) is 6.23. The minimum Gasteiger partial charge on any atom is -0.390 e. The highest BCUT2D eigenvalue weighted by Crippen LogP contribution is 2.17. The maximum absolute atomic E-state index is 12.3. The first-order valence-electron chi connectivity index (χ1n) is 7.16. The molecular weight excluding hydrogens is 276 g/mol. The first-order valence-corrected chi connectivity index (χ1v) is 8.64. The molecule has 0 bridgehead atoms. The number of hydrogen-bond donors (Lipinski definition) is 2. The topological polar surface area (TPSA) is 71.3 Å². The molecule has 2 unspecified atom stereocenters. The quantitative estimate of drug-likeness (QED) is 0.772. The van der Waals surface area contributed by atoms with Gasteiger partial charge in [0.1, 0.15) is 0 Å². The number of hydrogen-bond acceptors (Lipinski definition) is 3. The average molecular weight is 302 g/mol. The summed E-state index contributed by atoms with van der Waals surface area (Å²) in [5.74, 6) is 0.487. The Morgan fingerprint density at radius 3 is 2.45 bits per heavy atom. The molecule has 1 aromatic heterocycles. The molecule has 0 saturated carbocycles. The molecule has 0 spiro atoms. The maximum atomic E-state index is 12.3. The second kappa shape index (κ2) is 7.24. The molecule has 1 heterocycles. The summed E-state index contributed by atoms with van der Waals surface area (Å²) in [5.41, 5.74) is 0.613. The molecule has 116 valence electrons. The van der Waals surface area contributed by atoms with E-state index in [1.54, 1.807) is 10.8 Å². The Labute approximate surface area is 122 Å². The summed E-state index contributed by atoms with van der Waals surface area (Å²) in [6.45, 7) is 8.48. The third-order valence-electron chi connectivity index (χ3n) is 3.58. The van der Waals surface area contributed by atoms with Crippen molar-refractivity contribution in [1.29, 1.82) is 0 Å². The molecule has 0 aliphatic rings. The van der Waals surface area contributed by atoms with Crippen molar-refractivity contribution in [3.63, 3.8) is 0 Å². The van der Waals surface area contributed by atoms with Crippen molar-refractivity contribution >= 4 is 10.0 Å². The smallest absolute Gasteiger partial charge is 0.242 e. The highest BCUT2D eigenvalue weighted by molar-refractivity contribution is 7.89. The maximum Gasteiger partial charge on any atom is 0.242 e. The molecule has 0 aliphatic carbocycles. The van der Waals surface area contributed by atoms with Gasteiger partial charge in [-0.1, -0.05) is 20.3 Å². The Morgan fingerprint density at radius 1 is 1.35 bits per heavy atom. The second-order valence-corrected chi connectivity index (χ2v) is 7.10. The lowest BCUT2D eigenvalue weighted by molar-refractivity contribution is 0.271. The minimum atomic E-state index is -3.52. The van der Waals surface area contributed by atoms with Gasteiger partial charge < -0.3 is 9.67 Å².